The molecule has 182 valence electrons. The van der Waals surface area contributed by atoms with Gasteiger partial charge in [-0.2, -0.15) is 0 Å². The zero-order valence-electron chi connectivity index (χ0n) is 19.8. The van der Waals surface area contributed by atoms with E-state index in [2.05, 4.69) is 0 Å². The maximum atomic E-state index is 14.1. The van der Waals surface area contributed by atoms with Gasteiger partial charge >= 0.3 is 0 Å². The number of fused-ring (bicyclic) bond motifs is 1. The molecule has 0 unspecified atom stereocenters. The molecule has 7 heteroatoms. The fourth-order valence-electron chi connectivity index (χ4n) is 4.99. The van der Waals surface area contributed by atoms with Crippen LogP contribution in [0, 0.1) is 5.82 Å². The molecule has 0 spiro atoms. The molecule has 2 aliphatic heterocycles. The Balaban J connectivity index is 1.37. The lowest BCUT2D eigenvalue weighted by Crippen LogP contribution is -2.40. The first kappa shape index (κ1) is 23.1. The number of hydrogen-bond acceptors (Lipinski definition) is 4. The van der Waals surface area contributed by atoms with Crippen molar-refractivity contribution in [3.05, 3.63) is 88.6 Å². The molecule has 1 fully saturated rings. The monoisotopic (exact) mass is 476 g/mol. The van der Waals surface area contributed by atoms with Gasteiger partial charge in [-0.25, -0.2) is 4.39 Å². The molecular weight excluding hydrogens is 447 g/mol. The van der Waals surface area contributed by atoms with Gasteiger partial charge in [-0.15, -0.1) is 0 Å². The molecule has 1 atom stereocenters. The van der Waals surface area contributed by atoms with Gasteiger partial charge in [0.2, 0.25) is 5.91 Å². The zero-order valence-corrected chi connectivity index (χ0v) is 19.8. The van der Waals surface area contributed by atoms with Crippen LogP contribution in [0.4, 0.5) is 4.39 Å². The molecule has 0 bridgehead atoms. The molecule has 1 saturated heterocycles. The third-order valence-electron chi connectivity index (χ3n) is 6.78. The Hall–Kier alpha value is -3.61. The van der Waals surface area contributed by atoms with Crippen molar-refractivity contribution < 1.29 is 23.1 Å². The molecule has 2 aliphatic rings. The smallest absolute Gasteiger partial charge is 0.289 e. The molecule has 0 saturated carbocycles. The van der Waals surface area contributed by atoms with Crippen molar-refractivity contribution in [1.82, 2.24) is 9.80 Å². The highest BCUT2D eigenvalue weighted by atomic mass is 19.1. The van der Waals surface area contributed by atoms with Gasteiger partial charge in [-0.05, 0) is 72.4 Å². The van der Waals surface area contributed by atoms with Crippen molar-refractivity contribution in [2.45, 2.75) is 45.3 Å². The topological polar surface area (TPSA) is 63.0 Å². The number of carbonyl (C=O) groups excluding carboxylic acids is 2. The van der Waals surface area contributed by atoms with E-state index < -0.39 is 0 Å². The van der Waals surface area contributed by atoms with Crippen LogP contribution in [0.5, 0.6) is 5.75 Å². The van der Waals surface area contributed by atoms with Crippen LogP contribution in [-0.2, 0) is 17.8 Å². The summed E-state index contributed by atoms with van der Waals surface area (Å²) in [6.07, 6.45) is 3.17. The van der Waals surface area contributed by atoms with Crippen LogP contribution in [0.2, 0.25) is 0 Å². The number of furan rings is 1. The first-order valence-corrected chi connectivity index (χ1v) is 12.2. The van der Waals surface area contributed by atoms with Crippen molar-refractivity contribution in [3.8, 4) is 5.75 Å². The van der Waals surface area contributed by atoms with Crippen LogP contribution >= 0.6 is 0 Å². The van der Waals surface area contributed by atoms with Gasteiger partial charge in [-0.1, -0.05) is 25.1 Å². The van der Waals surface area contributed by atoms with Crippen molar-refractivity contribution in [1.29, 1.82) is 0 Å². The molecule has 0 aliphatic carbocycles. The lowest BCUT2D eigenvalue weighted by molar-refractivity contribution is -0.132. The highest BCUT2D eigenvalue weighted by Crippen LogP contribution is 2.38. The third kappa shape index (κ3) is 4.81. The molecule has 35 heavy (non-hydrogen) atoms. The summed E-state index contributed by atoms with van der Waals surface area (Å²) < 4.78 is 25.8. The average Bonchev–Trinajstić information content (AvgIpc) is 3.58. The molecule has 2 amide bonds. The number of ether oxygens (including phenoxy) is 1. The van der Waals surface area contributed by atoms with Crippen molar-refractivity contribution in [2.75, 3.05) is 19.6 Å². The van der Waals surface area contributed by atoms with Gasteiger partial charge in [0.1, 0.15) is 23.9 Å². The lowest BCUT2D eigenvalue weighted by atomic mass is 9.87. The van der Waals surface area contributed by atoms with E-state index in [1.807, 2.05) is 41.0 Å². The number of nitrogens with zero attached hydrogens (tertiary/aromatic N) is 2. The maximum Gasteiger partial charge on any atom is 0.289 e. The summed E-state index contributed by atoms with van der Waals surface area (Å²) in [5.41, 5.74) is 2.79. The van der Waals surface area contributed by atoms with E-state index in [1.165, 1.54) is 12.1 Å². The molecule has 1 aromatic heterocycles. The van der Waals surface area contributed by atoms with E-state index in [0.717, 1.165) is 49.0 Å². The maximum absolute atomic E-state index is 14.1. The second-order valence-electron chi connectivity index (χ2n) is 9.06. The van der Waals surface area contributed by atoms with Gasteiger partial charge in [0.25, 0.3) is 5.91 Å². The first-order valence-electron chi connectivity index (χ1n) is 12.2. The highest BCUT2D eigenvalue weighted by Gasteiger charge is 2.32. The number of benzene rings is 2. The normalized spacial score (nSPS) is 17.4. The van der Waals surface area contributed by atoms with E-state index in [0.29, 0.717) is 30.2 Å². The van der Waals surface area contributed by atoms with Crippen LogP contribution < -0.4 is 4.74 Å². The summed E-state index contributed by atoms with van der Waals surface area (Å²) >= 11 is 0. The highest BCUT2D eigenvalue weighted by molar-refractivity contribution is 5.91. The number of rotatable bonds is 6. The minimum Gasteiger partial charge on any atom is -0.486 e. The second-order valence-corrected chi connectivity index (χ2v) is 9.06. The fraction of sp³-hybridized carbons (Fsp3) is 0.357. The lowest BCUT2D eigenvalue weighted by Gasteiger charge is -2.38. The van der Waals surface area contributed by atoms with Crippen LogP contribution in [0.1, 0.15) is 65.2 Å². The minimum atomic E-state index is -0.376. The molecular formula is C28H29FN2O4. The number of hydrogen-bond donors (Lipinski definition) is 0. The largest absolute Gasteiger partial charge is 0.486 e. The van der Waals surface area contributed by atoms with Gasteiger partial charge in [-0.3, -0.25) is 9.59 Å². The molecule has 3 aromatic rings. The zero-order chi connectivity index (χ0) is 24.4. The molecule has 0 radical (unpaired) electrons. The van der Waals surface area contributed by atoms with E-state index in [1.54, 1.807) is 18.2 Å². The number of carbonyl (C=O) groups is 2. The van der Waals surface area contributed by atoms with Gasteiger partial charge in [0, 0.05) is 26.1 Å². The summed E-state index contributed by atoms with van der Waals surface area (Å²) in [6.45, 7) is 4.14. The summed E-state index contributed by atoms with van der Waals surface area (Å²) in [5, 5.41) is 0. The molecule has 0 N–H and O–H groups in total. The van der Waals surface area contributed by atoms with E-state index >= 15 is 0 Å². The Kier molecular flexibility index (Phi) is 6.57. The number of amides is 2. The Morgan fingerprint density at radius 1 is 1.06 bits per heavy atom. The minimum absolute atomic E-state index is 0.0296. The van der Waals surface area contributed by atoms with Crippen molar-refractivity contribution in [2.24, 2.45) is 0 Å². The van der Waals surface area contributed by atoms with E-state index in [9.17, 15) is 14.0 Å². The molecule has 6 nitrogen and oxygen atoms in total. The summed E-state index contributed by atoms with van der Waals surface area (Å²) in [5.74, 6) is 1.14. The van der Waals surface area contributed by atoms with Gasteiger partial charge in [0.15, 0.2) is 5.76 Å². The second kappa shape index (κ2) is 9.94. The predicted molar refractivity (Wildman–Crippen MR) is 129 cm³/mol. The van der Waals surface area contributed by atoms with Crippen molar-refractivity contribution >= 4 is 11.8 Å². The number of likely N-dealkylation sites (tertiary alicyclic amines) is 1. The Labute approximate surface area is 204 Å². The van der Waals surface area contributed by atoms with E-state index in [4.69, 9.17) is 9.15 Å². The van der Waals surface area contributed by atoms with Crippen LogP contribution in [0.25, 0.3) is 0 Å². The Morgan fingerprint density at radius 2 is 1.89 bits per heavy atom. The summed E-state index contributed by atoms with van der Waals surface area (Å²) in [7, 11) is 0. The summed E-state index contributed by atoms with van der Waals surface area (Å²) in [6, 6.07) is 15.3. The first-order chi connectivity index (χ1) is 17.0. The average molecular weight is 477 g/mol. The quantitative estimate of drug-likeness (QED) is 0.496. The van der Waals surface area contributed by atoms with Crippen molar-refractivity contribution in [3.63, 3.8) is 0 Å². The van der Waals surface area contributed by atoms with Crippen LogP contribution in [0.15, 0.2) is 59.0 Å². The Bertz CT molecular complexity index is 1230. The van der Waals surface area contributed by atoms with E-state index in [-0.39, 0.29) is 30.3 Å². The fourth-order valence-corrected chi connectivity index (χ4v) is 4.99. The van der Waals surface area contributed by atoms with Crippen LogP contribution in [-0.4, -0.2) is 41.2 Å². The van der Waals surface area contributed by atoms with Gasteiger partial charge < -0.3 is 19.0 Å². The number of halogens is 1. The Morgan fingerprint density at radius 3 is 2.66 bits per heavy atom. The SMILES string of the molecule is CCC(=O)N1CCc2ccc(OCc3ccc(C(=O)N4CCCC4)o3)cc2[C@@H]1c1cccc(F)c1. The predicted octanol–water partition coefficient (Wildman–Crippen LogP) is 5.12. The molecule has 3 heterocycles. The standard InChI is InChI=1S/C28H29FN2O4/c1-2-26(32)31-15-12-19-8-9-22(17-24(19)27(31)20-6-5-7-21(29)16-20)34-18-23-10-11-25(35-23)28(33)30-13-3-4-14-30/h5-11,16-17,27H,2-4,12-15,18H2,1H3/t27-/m0/s1. The van der Waals surface area contributed by atoms with Crippen LogP contribution in [0.3, 0.4) is 0 Å². The molecule has 2 aromatic carbocycles. The molecule has 5 rings (SSSR count). The third-order valence-corrected chi connectivity index (χ3v) is 6.78. The van der Waals surface area contributed by atoms with Gasteiger partial charge in [0.05, 0.1) is 6.04 Å². The summed E-state index contributed by atoms with van der Waals surface area (Å²) in [4.78, 5) is 28.9.